The lowest BCUT2D eigenvalue weighted by molar-refractivity contribution is -0.118. The van der Waals surface area contributed by atoms with Crippen LogP contribution in [0.4, 0.5) is 0 Å². The number of aliphatic hydroxyl groups is 1. The number of hydrogen-bond acceptors (Lipinski definition) is 6. The van der Waals surface area contributed by atoms with Gasteiger partial charge in [-0.1, -0.05) is 40.5 Å². The molecule has 0 rings (SSSR count). The second-order valence-electron chi connectivity index (χ2n) is 5.02. The summed E-state index contributed by atoms with van der Waals surface area (Å²) in [7, 11) is 3.24. The second-order valence-corrected chi connectivity index (χ2v) is 5.02. The van der Waals surface area contributed by atoms with Crippen molar-refractivity contribution in [1.29, 1.82) is 0 Å². The van der Waals surface area contributed by atoms with Gasteiger partial charge < -0.3 is 5.11 Å². The molecule has 0 saturated heterocycles. The zero-order chi connectivity index (χ0) is 17.9. The molecule has 0 spiro atoms. The molecular weight excluding hydrogens is 280 g/mol. The molecule has 0 aromatic heterocycles. The smallest absolute Gasteiger partial charge is 0.175 e. The molecule has 22 heavy (non-hydrogen) atoms. The summed E-state index contributed by atoms with van der Waals surface area (Å²) in [6.07, 6.45) is 7.14. The maximum atomic E-state index is 10.6. The van der Waals surface area contributed by atoms with Gasteiger partial charge in [0.25, 0.3) is 0 Å². The number of carbonyl (C=O) groups is 1. The summed E-state index contributed by atoms with van der Waals surface area (Å²) in [5.41, 5.74) is 1.35. The molecule has 0 saturated carbocycles. The third-order valence-electron chi connectivity index (χ3n) is 2.99. The largest absolute Gasteiger partial charge is 0.368 e. The Morgan fingerprint density at radius 3 is 2.00 bits per heavy atom. The second kappa shape index (κ2) is 20.1. The van der Waals surface area contributed by atoms with Crippen LogP contribution in [0.2, 0.25) is 0 Å². The summed E-state index contributed by atoms with van der Waals surface area (Å²) < 4.78 is 0. The summed E-state index contributed by atoms with van der Waals surface area (Å²) >= 11 is 0. The highest BCUT2D eigenvalue weighted by molar-refractivity contribution is 5.77. The average molecular weight is 319 g/mol. The highest BCUT2D eigenvalue weighted by Gasteiger charge is 2.22. The van der Waals surface area contributed by atoms with Crippen molar-refractivity contribution in [2.24, 2.45) is 16.1 Å². The lowest BCUT2D eigenvalue weighted by atomic mass is 10.0. The molecule has 0 aromatic carbocycles. The number of nitrogens with two attached hydrogens (primary N) is 1. The van der Waals surface area contributed by atoms with Gasteiger partial charge in [-0.2, -0.15) is 10.2 Å². The Balaban J connectivity index is -0.000000288. The number of nitrogens with one attached hydrogen (secondary N) is 1. The molecule has 0 amide bonds. The average Bonchev–Trinajstić information content (AvgIpc) is 2.52. The van der Waals surface area contributed by atoms with Gasteiger partial charge in [0.15, 0.2) is 5.72 Å². The Morgan fingerprint density at radius 1 is 1.18 bits per heavy atom. The van der Waals surface area contributed by atoms with Crippen molar-refractivity contribution in [2.75, 3.05) is 14.1 Å². The van der Waals surface area contributed by atoms with Gasteiger partial charge in [0.1, 0.15) is 5.78 Å². The van der Waals surface area contributed by atoms with E-state index in [2.05, 4.69) is 35.3 Å². The van der Waals surface area contributed by atoms with Crippen LogP contribution in [0.25, 0.3) is 0 Å². The Labute approximate surface area is 136 Å². The third kappa shape index (κ3) is 21.4. The van der Waals surface area contributed by atoms with E-state index in [9.17, 15) is 9.90 Å². The highest BCUT2D eigenvalue weighted by atomic mass is 16.3. The van der Waals surface area contributed by atoms with Crippen molar-refractivity contribution >= 4 is 5.78 Å². The van der Waals surface area contributed by atoms with E-state index in [1.165, 1.54) is 0 Å². The Bertz CT molecular complexity index is 261. The topological polar surface area (TPSA) is 100 Å². The van der Waals surface area contributed by atoms with Crippen LogP contribution in [0.5, 0.6) is 0 Å². The molecule has 0 aliphatic heterocycles. The molecule has 4 N–H and O–H groups in total. The number of nitrogens with zero attached hydrogens (tertiary/aromatic N) is 2. The van der Waals surface area contributed by atoms with Gasteiger partial charge in [0, 0.05) is 19.9 Å². The Hall–Kier alpha value is -0.850. The fourth-order valence-electron chi connectivity index (χ4n) is 1.49. The van der Waals surface area contributed by atoms with E-state index in [1.54, 1.807) is 14.1 Å². The first-order valence-electron chi connectivity index (χ1n) is 8.33. The molecule has 0 radical (unpaired) electrons. The summed E-state index contributed by atoms with van der Waals surface area (Å²) in [6, 6.07) is 0. The number of ketones is 1. The van der Waals surface area contributed by atoms with Gasteiger partial charge in [-0.05, 0) is 32.7 Å². The normalized spacial score (nSPS) is 12.7. The molecular formula is C16H38N4O2. The Morgan fingerprint density at radius 2 is 1.68 bits per heavy atom. The number of hydrogen-bond donors (Lipinski definition) is 3. The summed E-state index contributed by atoms with van der Waals surface area (Å²) in [5, 5.41) is 17.1. The molecule has 0 aromatic rings. The van der Waals surface area contributed by atoms with E-state index < -0.39 is 5.72 Å². The minimum absolute atomic E-state index is 0.395. The third-order valence-corrected chi connectivity index (χ3v) is 2.99. The predicted octanol–water partition coefficient (Wildman–Crippen LogP) is 3.59. The predicted molar refractivity (Wildman–Crippen MR) is 93.6 cm³/mol. The first-order valence-corrected chi connectivity index (χ1v) is 8.33. The molecule has 0 heterocycles. The SMILES string of the molecule is CCCCC(=O)CC.CCCCC(O)(CC)/N=N/C.CNN. The monoisotopic (exact) mass is 318 g/mol. The molecule has 1 atom stereocenters. The van der Waals surface area contributed by atoms with Crippen LogP contribution >= 0.6 is 0 Å². The summed E-state index contributed by atoms with van der Waals surface area (Å²) in [4.78, 5) is 10.6. The van der Waals surface area contributed by atoms with Crippen LogP contribution in [-0.2, 0) is 4.79 Å². The number of Topliss-reactive ketones (excluding diaryl/α,β-unsaturated/α-hetero) is 1. The molecule has 0 aliphatic carbocycles. The Kier molecular flexibility index (Phi) is 23.9. The van der Waals surface area contributed by atoms with E-state index in [1.807, 2.05) is 13.8 Å². The first kappa shape index (κ1) is 26.1. The lowest BCUT2D eigenvalue weighted by Gasteiger charge is -2.19. The molecule has 6 heteroatoms. The van der Waals surface area contributed by atoms with Crippen LogP contribution in [-0.4, -0.2) is 30.7 Å². The van der Waals surface area contributed by atoms with Crippen molar-refractivity contribution in [3.05, 3.63) is 0 Å². The van der Waals surface area contributed by atoms with E-state index in [0.717, 1.165) is 38.5 Å². The van der Waals surface area contributed by atoms with Gasteiger partial charge in [0.05, 0.1) is 0 Å². The maximum Gasteiger partial charge on any atom is 0.175 e. The lowest BCUT2D eigenvalue weighted by Crippen LogP contribution is -2.23. The summed E-state index contributed by atoms with van der Waals surface area (Å²) in [5.74, 6) is 4.99. The highest BCUT2D eigenvalue weighted by Crippen LogP contribution is 2.19. The number of unbranched alkanes of at least 4 members (excludes halogenated alkanes) is 2. The van der Waals surface area contributed by atoms with Crippen molar-refractivity contribution in [3.8, 4) is 0 Å². The van der Waals surface area contributed by atoms with E-state index in [0.29, 0.717) is 18.6 Å². The number of rotatable bonds is 9. The van der Waals surface area contributed by atoms with E-state index >= 15 is 0 Å². The minimum atomic E-state index is -0.898. The number of carbonyl (C=O) groups excluding carboxylic acids is 1. The van der Waals surface area contributed by atoms with Crippen LogP contribution in [0.3, 0.4) is 0 Å². The van der Waals surface area contributed by atoms with E-state index in [4.69, 9.17) is 0 Å². The van der Waals surface area contributed by atoms with Crippen molar-refractivity contribution in [3.63, 3.8) is 0 Å². The molecule has 0 fully saturated rings. The quantitative estimate of drug-likeness (QED) is 0.343. The van der Waals surface area contributed by atoms with Gasteiger partial charge in [-0.25, -0.2) is 0 Å². The van der Waals surface area contributed by atoms with Crippen LogP contribution in [0.15, 0.2) is 10.2 Å². The van der Waals surface area contributed by atoms with Crippen molar-refractivity contribution < 1.29 is 9.90 Å². The molecule has 0 aliphatic rings. The summed E-state index contributed by atoms with van der Waals surface area (Å²) in [6.45, 7) is 8.03. The number of azo groups is 1. The van der Waals surface area contributed by atoms with E-state index in [-0.39, 0.29) is 0 Å². The standard InChI is InChI=1S/C8H18N2O.C7H14O.CH6N2/c1-4-6-7-8(11,5-2)10-9-3;1-3-5-6-7(8)4-2;1-3-2/h11H,4-7H2,1-3H3;3-6H2,1-2H3;3H,2H2,1H3/b10-9+;;. The van der Waals surface area contributed by atoms with Gasteiger partial charge in [0.2, 0.25) is 0 Å². The molecule has 6 nitrogen and oxygen atoms in total. The van der Waals surface area contributed by atoms with Gasteiger partial charge in [-0.15, -0.1) is 0 Å². The fourth-order valence-corrected chi connectivity index (χ4v) is 1.49. The zero-order valence-electron chi connectivity index (χ0n) is 15.5. The van der Waals surface area contributed by atoms with Crippen molar-refractivity contribution in [1.82, 2.24) is 5.43 Å². The minimum Gasteiger partial charge on any atom is -0.368 e. The number of hydrazine groups is 1. The van der Waals surface area contributed by atoms with Gasteiger partial charge in [-0.3, -0.25) is 16.1 Å². The van der Waals surface area contributed by atoms with Crippen LogP contribution < -0.4 is 11.3 Å². The fraction of sp³-hybridized carbons (Fsp3) is 0.938. The van der Waals surface area contributed by atoms with Gasteiger partial charge >= 0.3 is 0 Å². The maximum absolute atomic E-state index is 10.6. The zero-order valence-corrected chi connectivity index (χ0v) is 15.5. The molecule has 1 unspecified atom stereocenters. The molecule has 134 valence electrons. The van der Waals surface area contributed by atoms with Crippen molar-refractivity contribution in [2.45, 2.75) is 84.8 Å². The first-order chi connectivity index (χ1) is 10.4. The van der Waals surface area contributed by atoms with Crippen LogP contribution in [0, 0.1) is 0 Å². The van der Waals surface area contributed by atoms with Crippen LogP contribution in [0.1, 0.15) is 79.1 Å². The molecule has 0 bridgehead atoms.